The van der Waals surface area contributed by atoms with E-state index in [2.05, 4.69) is 10.1 Å². The van der Waals surface area contributed by atoms with E-state index in [1.54, 1.807) is 12.1 Å². The summed E-state index contributed by atoms with van der Waals surface area (Å²) in [6.45, 7) is 1.32. The molecule has 2 N–H and O–H groups in total. The number of hydrogen-bond donors (Lipinski definition) is 1. The van der Waals surface area contributed by atoms with Gasteiger partial charge in [-0.25, -0.2) is 0 Å². The minimum absolute atomic E-state index is 0.195. The lowest BCUT2D eigenvalue weighted by molar-refractivity contribution is 0.297. The van der Waals surface area contributed by atoms with Gasteiger partial charge in [-0.3, -0.25) is 0 Å². The molecule has 7 heteroatoms. The van der Waals surface area contributed by atoms with Gasteiger partial charge in [0.1, 0.15) is 0 Å². The molecular weight excluding hydrogens is 270 g/mol. The summed E-state index contributed by atoms with van der Waals surface area (Å²) < 4.78 is 16.3. The summed E-state index contributed by atoms with van der Waals surface area (Å²) in [4.78, 5) is 4.19. The molecule has 0 fully saturated rings. The van der Waals surface area contributed by atoms with Crippen LogP contribution in [0.3, 0.4) is 0 Å². The van der Waals surface area contributed by atoms with Gasteiger partial charge in [-0.2, -0.15) is 4.98 Å². The molecule has 0 aliphatic carbocycles. The largest absolute Gasteiger partial charge is 0.489 e. The van der Waals surface area contributed by atoms with Crippen molar-refractivity contribution >= 4 is 11.6 Å². The molecule has 2 heterocycles. The van der Waals surface area contributed by atoms with Crippen LogP contribution < -0.4 is 15.2 Å². The number of nitrogens with zero attached hydrogens (tertiary/aromatic N) is 2. The highest BCUT2D eigenvalue weighted by Crippen LogP contribution is 2.43. The minimum Gasteiger partial charge on any atom is -0.489 e. The Bertz CT molecular complexity index is 600. The highest BCUT2D eigenvalue weighted by Gasteiger charge is 2.22. The zero-order chi connectivity index (χ0) is 13.2. The van der Waals surface area contributed by atoms with Gasteiger partial charge in [0.05, 0.1) is 30.3 Å². The van der Waals surface area contributed by atoms with Crippen LogP contribution in [-0.2, 0) is 6.54 Å². The third kappa shape index (κ3) is 2.24. The van der Waals surface area contributed by atoms with Crippen LogP contribution >= 0.6 is 11.6 Å². The van der Waals surface area contributed by atoms with Crippen molar-refractivity contribution in [3.63, 3.8) is 0 Å². The van der Waals surface area contributed by atoms with Crippen LogP contribution in [0.2, 0.25) is 5.02 Å². The molecule has 0 saturated carbocycles. The van der Waals surface area contributed by atoms with E-state index in [0.717, 1.165) is 6.42 Å². The summed E-state index contributed by atoms with van der Waals surface area (Å²) >= 11 is 6.12. The van der Waals surface area contributed by atoms with E-state index < -0.39 is 0 Å². The molecule has 0 bridgehead atoms. The van der Waals surface area contributed by atoms with Gasteiger partial charge in [0.2, 0.25) is 11.7 Å². The Labute approximate surface area is 114 Å². The number of rotatable bonds is 2. The van der Waals surface area contributed by atoms with Crippen LogP contribution in [-0.4, -0.2) is 23.4 Å². The van der Waals surface area contributed by atoms with E-state index in [1.807, 2.05) is 0 Å². The predicted molar refractivity (Wildman–Crippen MR) is 68.2 cm³/mol. The number of halogens is 1. The number of nitrogens with two attached hydrogens (primary N) is 1. The predicted octanol–water partition coefficient (Wildman–Crippen LogP) is 2.01. The van der Waals surface area contributed by atoms with E-state index in [4.69, 9.17) is 31.3 Å². The maximum Gasteiger partial charge on any atom is 0.240 e. The van der Waals surface area contributed by atoms with E-state index in [1.165, 1.54) is 0 Å². The van der Waals surface area contributed by atoms with Crippen molar-refractivity contribution in [1.29, 1.82) is 0 Å². The molecule has 1 aromatic carbocycles. The van der Waals surface area contributed by atoms with Gasteiger partial charge in [0.25, 0.3) is 0 Å². The minimum atomic E-state index is 0.195. The first kappa shape index (κ1) is 12.3. The first-order valence-corrected chi connectivity index (χ1v) is 6.28. The quantitative estimate of drug-likeness (QED) is 0.906. The number of hydrogen-bond acceptors (Lipinski definition) is 6. The molecule has 1 aromatic heterocycles. The van der Waals surface area contributed by atoms with Crippen LogP contribution in [0.15, 0.2) is 16.7 Å². The van der Waals surface area contributed by atoms with Gasteiger partial charge < -0.3 is 19.7 Å². The Balaban J connectivity index is 2.11. The maximum absolute atomic E-state index is 6.12. The van der Waals surface area contributed by atoms with Crippen molar-refractivity contribution in [2.45, 2.75) is 13.0 Å². The van der Waals surface area contributed by atoms with Crippen LogP contribution in [0.1, 0.15) is 12.3 Å². The lowest BCUT2D eigenvalue weighted by Gasteiger charge is -2.11. The molecule has 19 heavy (non-hydrogen) atoms. The summed E-state index contributed by atoms with van der Waals surface area (Å²) in [5, 5.41) is 4.38. The zero-order valence-electron chi connectivity index (χ0n) is 10.1. The molecule has 0 spiro atoms. The fourth-order valence-electron chi connectivity index (χ4n) is 1.85. The van der Waals surface area contributed by atoms with Crippen molar-refractivity contribution in [2.75, 3.05) is 13.2 Å². The first-order valence-electron chi connectivity index (χ1n) is 5.90. The Morgan fingerprint density at radius 1 is 1.21 bits per heavy atom. The molecule has 2 aromatic rings. The lowest BCUT2D eigenvalue weighted by atomic mass is 10.1. The van der Waals surface area contributed by atoms with E-state index in [-0.39, 0.29) is 6.54 Å². The lowest BCUT2D eigenvalue weighted by Crippen LogP contribution is -1.98. The van der Waals surface area contributed by atoms with Crippen LogP contribution in [0, 0.1) is 0 Å². The Hall–Kier alpha value is -1.79. The number of fused-ring (bicyclic) bond motifs is 1. The van der Waals surface area contributed by atoms with Crippen LogP contribution in [0.25, 0.3) is 11.4 Å². The summed E-state index contributed by atoms with van der Waals surface area (Å²) in [6.07, 6.45) is 0.796. The summed E-state index contributed by atoms with van der Waals surface area (Å²) in [5.41, 5.74) is 6.14. The normalized spacial score (nSPS) is 14.2. The third-order valence-corrected chi connectivity index (χ3v) is 3.03. The highest BCUT2D eigenvalue weighted by atomic mass is 35.5. The molecule has 0 radical (unpaired) electrons. The molecule has 0 amide bonds. The Morgan fingerprint density at radius 2 is 2.00 bits per heavy atom. The van der Waals surface area contributed by atoms with Crippen molar-refractivity contribution in [3.05, 3.63) is 23.0 Å². The fraction of sp³-hybridized carbons (Fsp3) is 0.333. The summed E-state index contributed by atoms with van der Waals surface area (Å²) in [5.74, 6) is 1.86. The zero-order valence-corrected chi connectivity index (χ0v) is 10.8. The average molecular weight is 282 g/mol. The Kier molecular flexibility index (Phi) is 3.27. The monoisotopic (exact) mass is 281 g/mol. The van der Waals surface area contributed by atoms with E-state index in [9.17, 15) is 0 Å². The first-order chi connectivity index (χ1) is 9.29. The van der Waals surface area contributed by atoms with Gasteiger partial charge in [-0.15, -0.1) is 0 Å². The second kappa shape index (κ2) is 5.07. The van der Waals surface area contributed by atoms with Crippen molar-refractivity contribution in [3.8, 4) is 22.9 Å². The summed E-state index contributed by atoms with van der Waals surface area (Å²) in [6, 6.07) is 3.50. The molecule has 100 valence electrons. The molecule has 1 aliphatic heterocycles. The van der Waals surface area contributed by atoms with E-state index >= 15 is 0 Å². The molecular formula is C12H12ClN3O3. The highest BCUT2D eigenvalue weighted by molar-refractivity contribution is 6.32. The van der Waals surface area contributed by atoms with Crippen molar-refractivity contribution < 1.29 is 14.0 Å². The topological polar surface area (TPSA) is 83.4 Å². The number of ether oxygens (including phenoxy) is 2. The SMILES string of the molecule is NCc1nc(-c2ccc(Cl)c3c2OCCCO3)no1. The number of benzene rings is 1. The maximum atomic E-state index is 6.12. The van der Waals surface area contributed by atoms with Crippen LogP contribution in [0.5, 0.6) is 11.5 Å². The summed E-state index contributed by atoms with van der Waals surface area (Å²) in [7, 11) is 0. The van der Waals surface area contributed by atoms with Gasteiger partial charge in [0.15, 0.2) is 11.5 Å². The van der Waals surface area contributed by atoms with Gasteiger partial charge >= 0.3 is 0 Å². The van der Waals surface area contributed by atoms with E-state index in [0.29, 0.717) is 47.0 Å². The standard InChI is InChI=1S/C12H12ClN3O3/c13-8-3-2-7(12-15-9(6-14)19-16-12)10-11(8)18-5-1-4-17-10/h2-3H,1,4-6,14H2. The Morgan fingerprint density at radius 3 is 2.74 bits per heavy atom. The van der Waals surface area contributed by atoms with Crippen LogP contribution in [0.4, 0.5) is 0 Å². The third-order valence-electron chi connectivity index (χ3n) is 2.73. The van der Waals surface area contributed by atoms with Crippen molar-refractivity contribution in [1.82, 2.24) is 10.1 Å². The number of aromatic nitrogens is 2. The molecule has 6 nitrogen and oxygen atoms in total. The van der Waals surface area contributed by atoms with Gasteiger partial charge in [-0.1, -0.05) is 16.8 Å². The van der Waals surface area contributed by atoms with Gasteiger partial charge in [0, 0.05) is 6.42 Å². The van der Waals surface area contributed by atoms with Crippen molar-refractivity contribution in [2.24, 2.45) is 5.73 Å². The second-order valence-electron chi connectivity index (χ2n) is 4.02. The molecule has 0 saturated heterocycles. The molecule has 1 aliphatic rings. The van der Waals surface area contributed by atoms with Gasteiger partial charge in [-0.05, 0) is 12.1 Å². The smallest absolute Gasteiger partial charge is 0.240 e. The fourth-order valence-corrected chi connectivity index (χ4v) is 2.05. The molecule has 0 unspecified atom stereocenters. The molecule has 0 atom stereocenters. The molecule has 3 rings (SSSR count). The second-order valence-corrected chi connectivity index (χ2v) is 4.43. The average Bonchev–Trinajstić information content (AvgIpc) is 2.76.